The number of benzene rings is 1. The van der Waals surface area contributed by atoms with Gasteiger partial charge in [-0.05, 0) is 25.1 Å². The zero-order valence-electron chi connectivity index (χ0n) is 12.9. The predicted octanol–water partition coefficient (Wildman–Crippen LogP) is 3.22. The van der Waals surface area contributed by atoms with Crippen molar-refractivity contribution >= 4 is 26.9 Å². The van der Waals surface area contributed by atoms with Crippen molar-refractivity contribution in [3.63, 3.8) is 0 Å². The van der Waals surface area contributed by atoms with Gasteiger partial charge in [0.2, 0.25) is 5.55 Å². The van der Waals surface area contributed by atoms with E-state index in [0.717, 1.165) is 4.47 Å². The zero-order valence-corrected chi connectivity index (χ0v) is 14.4. The average Bonchev–Trinajstić information content (AvgIpc) is 2.53. The molecule has 3 rings (SSSR count). The van der Waals surface area contributed by atoms with Crippen molar-refractivity contribution in [3.8, 4) is 22.9 Å². The van der Waals surface area contributed by atoms with Gasteiger partial charge in [-0.15, -0.1) is 0 Å². The molecule has 0 amide bonds. The molecular formula is C17H12BrN3O3. The lowest BCUT2D eigenvalue weighted by Gasteiger charge is -2.13. The quantitative estimate of drug-likeness (QED) is 0.706. The Hall–Kier alpha value is -2.85. The molecule has 2 heterocycles. The molecule has 0 aliphatic heterocycles. The molecule has 0 unspecified atom stereocenters. The van der Waals surface area contributed by atoms with E-state index in [0.29, 0.717) is 22.6 Å². The Morgan fingerprint density at radius 3 is 2.79 bits per heavy atom. The smallest absolute Gasteiger partial charge is 0.259 e. The Morgan fingerprint density at radius 1 is 1.38 bits per heavy atom. The number of aromatic amines is 1. The van der Waals surface area contributed by atoms with E-state index in [1.54, 1.807) is 31.2 Å². The standard InChI is InChI=1S/C17H12BrN3O3/c1-8-5-13-15(17(22)21-8)14(11(7-19)16(20)24-13)10-6-9(18)3-4-12(10)23-2/h3-6,20H,1-2H3,(H,21,22). The molecule has 0 fully saturated rings. The van der Waals surface area contributed by atoms with Crippen LogP contribution in [0.25, 0.3) is 22.1 Å². The first-order valence-electron chi connectivity index (χ1n) is 6.95. The number of hydrogen-bond acceptors (Lipinski definition) is 5. The molecule has 0 aliphatic carbocycles. The highest BCUT2D eigenvalue weighted by molar-refractivity contribution is 9.10. The first kappa shape index (κ1) is 16.0. The van der Waals surface area contributed by atoms with Gasteiger partial charge in [0, 0.05) is 27.4 Å². The molecule has 0 bridgehead atoms. The molecule has 2 aromatic heterocycles. The minimum absolute atomic E-state index is 0.0201. The number of pyridine rings is 1. The van der Waals surface area contributed by atoms with Gasteiger partial charge >= 0.3 is 0 Å². The van der Waals surface area contributed by atoms with Gasteiger partial charge in [-0.25, -0.2) is 0 Å². The minimum atomic E-state index is -0.387. The van der Waals surface area contributed by atoms with Crippen molar-refractivity contribution in [1.82, 2.24) is 4.98 Å². The molecule has 3 aromatic rings. The fourth-order valence-electron chi connectivity index (χ4n) is 2.63. The Morgan fingerprint density at radius 2 is 2.12 bits per heavy atom. The fourth-order valence-corrected chi connectivity index (χ4v) is 2.99. The number of nitrogens with one attached hydrogen (secondary N) is 2. The number of ether oxygens (including phenoxy) is 1. The number of methoxy groups -OCH3 is 1. The van der Waals surface area contributed by atoms with Crippen LogP contribution in [0.15, 0.2) is 37.9 Å². The van der Waals surface area contributed by atoms with Gasteiger partial charge in [0.25, 0.3) is 5.56 Å². The molecule has 0 saturated carbocycles. The van der Waals surface area contributed by atoms with Crippen LogP contribution < -0.4 is 15.9 Å². The lowest BCUT2D eigenvalue weighted by atomic mass is 9.97. The fraction of sp³-hybridized carbons (Fsp3) is 0.118. The van der Waals surface area contributed by atoms with E-state index < -0.39 is 0 Å². The number of nitrogens with zero attached hydrogens (tertiary/aromatic N) is 1. The number of H-pyrrole nitrogens is 1. The van der Waals surface area contributed by atoms with Crippen molar-refractivity contribution in [2.75, 3.05) is 7.11 Å². The Labute approximate surface area is 145 Å². The molecule has 6 nitrogen and oxygen atoms in total. The molecule has 120 valence electrons. The summed E-state index contributed by atoms with van der Waals surface area (Å²) in [5.41, 5.74) is 1.00. The van der Waals surface area contributed by atoms with Gasteiger partial charge < -0.3 is 14.1 Å². The van der Waals surface area contributed by atoms with Gasteiger partial charge in [-0.1, -0.05) is 15.9 Å². The summed E-state index contributed by atoms with van der Waals surface area (Å²) < 4.78 is 11.5. The molecule has 1 aromatic carbocycles. The Kier molecular flexibility index (Phi) is 3.99. The number of rotatable bonds is 2. The van der Waals surface area contributed by atoms with Crippen LogP contribution in [0.5, 0.6) is 5.75 Å². The highest BCUT2D eigenvalue weighted by Gasteiger charge is 2.20. The van der Waals surface area contributed by atoms with Crippen LogP contribution in [0, 0.1) is 23.7 Å². The summed E-state index contributed by atoms with van der Waals surface area (Å²) in [7, 11) is 1.50. The van der Waals surface area contributed by atoms with Gasteiger partial charge in [0.15, 0.2) is 0 Å². The van der Waals surface area contributed by atoms with E-state index in [-0.39, 0.29) is 27.6 Å². The summed E-state index contributed by atoms with van der Waals surface area (Å²) in [5.74, 6) is 0.488. The number of hydrogen-bond donors (Lipinski definition) is 2. The topological polar surface area (TPSA) is 103 Å². The molecule has 0 atom stereocenters. The van der Waals surface area contributed by atoms with Crippen molar-refractivity contribution in [2.24, 2.45) is 0 Å². The molecule has 24 heavy (non-hydrogen) atoms. The average molecular weight is 386 g/mol. The van der Waals surface area contributed by atoms with Crippen LogP contribution in [-0.2, 0) is 0 Å². The van der Waals surface area contributed by atoms with Crippen molar-refractivity contribution in [1.29, 1.82) is 10.7 Å². The van der Waals surface area contributed by atoms with Crippen LogP contribution in [0.4, 0.5) is 0 Å². The monoisotopic (exact) mass is 385 g/mol. The molecular weight excluding hydrogens is 374 g/mol. The third kappa shape index (κ3) is 2.51. The molecule has 0 saturated heterocycles. The number of fused-ring (bicyclic) bond motifs is 1. The first-order chi connectivity index (χ1) is 11.5. The van der Waals surface area contributed by atoms with Gasteiger partial charge in [-0.3, -0.25) is 10.2 Å². The largest absolute Gasteiger partial charge is 0.496 e. The van der Waals surface area contributed by atoms with Gasteiger partial charge in [0.05, 0.1) is 12.5 Å². The lowest BCUT2D eigenvalue weighted by molar-refractivity contribution is 0.416. The number of nitriles is 1. The number of halogens is 1. The SMILES string of the molecule is COc1ccc(Br)cc1-c1c(C#N)c(=N)oc2cc(C)[nH]c(=O)c12. The van der Waals surface area contributed by atoms with E-state index in [2.05, 4.69) is 20.9 Å². The summed E-state index contributed by atoms with van der Waals surface area (Å²) in [4.78, 5) is 15.2. The van der Waals surface area contributed by atoms with E-state index in [9.17, 15) is 10.1 Å². The highest BCUT2D eigenvalue weighted by Crippen LogP contribution is 2.36. The first-order valence-corrected chi connectivity index (χ1v) is 7.75. The number of aromatic nitrogens is 1. The van der Waals surface area contributed by atoms with Crippen molar-refractivity contribution in [2.45, 2.75) is 6.92 Å². The maximum atomic E-state index is 12.5. The summed E-state index contributed by atoms with van der Waals surface area (Å²) >= 11 is 3.39. The third-order valence-electron chi connectivity index (χ3n) is 3.61. The maximum absolute atomic E-state index is 12.5. The minimum Gasteiger partial charge on any atom is -0.496 e. The second kappa shape index (κ2) is 5.98. The molecule has 0 radical (unpaired) electrons. The van der Waals surface area contributed by atoms with Crippen LogP contribution >= 0.6 is 15.9 Å². The lowest BCUT2D eigenvalue weighted by Crippen LogP contribution is -2.15. The summed E-state index contributed by atoms with van der Waals surface area (Å²) in [6, 6.07) is 8.85. The van der Waals surface area contributed by atoms with Crippen LogP contribution in [-0.4, -0.2) is 12.1 Å². The van der Waals surface area contributed by atoms with E-state index >= 15 is 0 Å². The van der Waals surface area contributed by atoms with Crippen LogP contribution in [0.3, 0.4) is 0 Å². The normalized spacial score (nSPS) is 10.6. The van der Waals surface area contributed by atoms with Crippen LogP contribution in [0.2, 0.25) is 0 Å². The van der Waals surface area contributed by atoms with Gasteiger partial charge in [-0.2, -0.15) is 5.26 Å². The van der Waals surface area contributed by atoms with Crippen molar-refractivity contribution in [3.05, 3.63) is 55.9 Å². The highest BCUT2D eigenvalue weighted by atomic mass is 79.9. The third-order valence-corrected chi connectivity index (χ3v) is 4.11. The van der Waals surface area contributed by atoms with Crippen LogP contribution in [0.1, 0.15) is 11.3 Å². The molecule has 7 heteroatoms. The second-order valence-corrected chi connectivity index (χ2v) is 6.07. The van der Waals surface area contributed by atoms with E-state index in [1.165, 1.54) is 7.11 Å². The summed E-state index contributed by atoms with van der Waals surface area (Å²) in [5, 5.41) is 17.7. The maximum Gasteiger partial charge on any atom is 0.259 e. The second-order valence-electron chi connectivity index (χ2n) is 5.16. The van der Waals surface area contributed by atoms with Gasteiger partial charge in [0.1, 0.15) is 23.0 Å². The Bertz CT molecular complexity index is 1120. The molecule has 0 aliphatic rings. The molecule has 0 spiro atoms. The zero-order chi connectivity index (χ0) is 17.4. The Balaban J connectivity index is 2.61. The molecule has 2 N–H and O–H groups in total. The predicted molar refractivity (Wildman–Crippen MR) is 91.8 cm³/mol. The summed E-state index contributed by atoms with van der Waals surface area (Å²) in [6.07, 6.45) is 0. The number of aryl methyl sites for hydroxylation is 1. The van der Waals surface area contributed by atoms with Crippen molar-refractivity contribution < 1.29 is 9.15 Å². The van der Waals surface area contributed by atoms with E-state index in [1.807, 2.05) is 6.07 Å². The summed E-state index contributed by atoms with van der Waals surface area (Å²) in [6.45, 7) is 1.72. The van der Waals surface area contributed by atoms with E-state index in [4.69, 9.17) is 14.6 Å².